The highest BCUT2D eigenvalue weighted by molar-refractivity contribution is 5.56. The molecule has 0 aliphatic rings. The molecule has 0 aliphatic heterocycles. The first-order valence-electron chi connectivity index (χ1n) is 3.73. The van der Waals surface area contributed by atoms with Crippen LogP contribution in [0.3, 0.4) is 0 Å². The fraction of sp³-hybridized carbons (Fsp3) is 0.714. The van der Waals surface area contributed by atoms with E-state index in [2.05, 4.69) is 0 Å². The van der Waals surface area contributed by atoms with E-state index in [1.807, 2.05) is 0 Å². The highest BCUT2D eigenvalue weighted by Gasteiger charge is 2.29. The van der Waals surface area contributed by atoms with Crippen LogP contribution in [0.25, 0.3) is 0 Å². The summed E-state index contributed by atoms with van der Waals surface area (Å²) in [6, 6.07) is 0. The van der Waals surface area contributed by atoms with Crippen LogP contribution in [0.5, 0.6) is 0 Å². The van der Waals surface area contributed by atoms with Gasteiger partial charge in [0.15, 0.2) is 6.29 Å². The molecule has 88 valence electrons. The standard InChI is InChI=1S/C6H12O6.CO2/c7-1-3(9)5(11)6(12)4(10)2-8;2-1-3/h1,3-6,8-12H,2H2;/t3-,4+,5+,6+;/m0./s1. The number of rotatable bonds is 5. The van der Waals surface area contributed by atoms with E-state index in [0.29, 0.717) is 0 Å². The lowest BCUT2D eigenvalue weighted by Gasteiger charge is -2.22. The molecule has 0 saturated heterocycles. The minimum Gasteiger partial charge on any atom is -0.394 e. The maximum Gasteiger partial charge on any atom is 0.373 e. The molecule has 8 nitrogen and oxygen atoms in total. The zero-order valence-corrected chi connectivity index (χ0v) is 7.55. The van der Waals surface area contributed by atoms with Crippen LogP contribution < -0.4 is 0 Å². The van der Waals surface area contributed by atoms with Gasteiger partial charge in [0, 0.05) is 0 Å². The number of aliphatic hydroxyl groups is 5. The number of carbonyl (C=O) groups excluding carboxylic acids is 3. The molecular formula is C7H12O8. The van der Waals surface area contributed by atoms with Crippen molar-refractivity contribution in [1.82, 2.24) is 0 Å². The number of carbonyl (C=O) groups is 1. The van der Waals surface area contributed by atoms with Gasteiger partial charge in [0.25, 0.3) is 0 Å². The van der Waals surface area contributed by atoms with E-state index in [1.165, 1.54) is 0 Å². The Balaban J connectivity index is 0. The normalized spacial score (nSPS) is 17.4. The van der Waals surface area contributed by atoms with Crippen molar-refractivity contribution >= 4 is 12.4 Å². The predicted octanol–water partition coefficient (Wildman–Crippen LogP) is -3.96. The Morgan fingerprint density at radius 1 is 1.07 bits per heavy atom. The molecule has 0 rings (SSSR count). The van der Waals surface area contributed by atoms with Crippen molar-refractivity contribution in [3.05, 3.63) is 0 Å². The molecule has 0 fully saturated rings. The van der Waals surface area contributed by atoms with Crippen molar-refractivity contribution < 1.29 is 39.9 Å². The molecule has 0 aliphatic carbocycles. The summed E-state index contributed by atoms with van der Waals surface area (Å²) >= 11 is 0. The van der Waals surface area contributed by atoms with Crippen LogP contribution in [0.2, 0.25) is 0 Å². The Morgan fingerprint density at radius 3 is 1.73 bits per heavy atom. The predicted molar refractivity (Wildman–Crippen MR) is 42.2 cm³/mol. The van der Waals surface area contributed by atoms with Crippen LogP contribution in [-0.4, -0.2) is 69.0 Å². The van der Waals surface area contributed by atoms with Gasteiger partial charge in [-0.25, -0.2) is 0 Å². The van der Waals surface area contributed by atoms with Crippen molar-refractivity contribution in [2.75, 3.05) is 6.61 Å². The molecule has 0 amide bonds. The van der Waals surface area contributed by atoms with Gasteiger partial charge in [-0.1, -0.05) is 0 Å². The zero-order chi connectivity index (χ0) is 12.4. The summed E-state index contributed by atoms with van der Waals surface area (Å²) < 4.78 is 0. The van der Waals surface area contributed by atoms with Gasteiger partial charge in [0.2, 0.25) is 0 Å². The van der Waals surface area contributed by atoms with E-state index in [9.17, 15) is 4.79 Å². The number of hydrogen-bond donors (Lipinski definition) is 5. The van der Waals surface area contributed by atoms with E-state index in [4.69, 9.17) is 35.1 Å². The SMILES string of the molecule is O=C=O.O=C[C@H](O)[C@@H](O)[C@H](O)[C@H](O)CO. The van der Waals surface area contributed by atoms with Crippen molar-refractivity contribution in [1.29, 1.82) is 0 Å². The van der Waals surface area contributed by atoms with Crippen molar-refractivity contribution in [3.8, 4) is 0 Å². The molecule has 0 bridgehead atoms. The van der Waals surface area contributed by atoms with E-state index < -0.39 is 31.0 Å². The molecule has 0 aromatic rings. The third kappa shape index (κ3) is 6.86. The fourth-order valence-electron chi connectivity index (χ4n) is 0.618. The first kappa shape index (κ1) is 16.3. The lowest BCUT2D eigenvalue weighted by Crippen LogP contribution is -2.46. The third-order valence-electron chi connectivity index (χ3n) is 1.42. The molecule has 15 heavy (non-hydrogen) atoms. The zero-order valence-electron chi connectivity index (χ0n) is 7.55. The molecular weight excluding hydrogens is 212 g/mol. The minimum atomic E-state index is -1.79. The largest absolute Gasteiger partial charge is 0.394 e. The van der Waals surface area contributed by atoms with E-state index >= 15 is 0 Å². The van der Waals surface area contributed by atoms with Gasteiger partial charge in [0.05, 0.1) is 6.61 Å². The van der Waals surface area contributed by atoms with Crippen LogP contribution >= 0.6 is 0 Å². The van der Waals surface area contributed by atoms with Crippen LogP contribution in [0.4, 0.5) is 0 Å². The average Bonchev–Trinajstić information content (AvgIpc) is 2.25. The number of aldehydes is 1. The summed E-state index contributed by atoms with van der Waals surface area (Å²) in [4.78, 5) is 26.1. The number of aliphatic hydroxyl groups excluding tert-OH is 5. The second kappa shape index (κ2) is 9.41. The Kier molecular flexibility index (Phi) is 10.2. The maximum absolute atomic E-state index is 9.90. The summed E-state index contributed by atoms with van der Waals surface area (Å²) in [7, 11) is 0. The van der Waals surface area contributed by atoms with E-state index in [-0.39, 0.29) is 12.4 Å². The first-order chi connectivity index (χ1) is 6.95. The second-order valence-electron chi connectivity index (χ2n) is 2.44. The van der Waals surface area contributed by atoms with Crippen molar-refractivity contribution in [3.63, 3.8) is 0 Å². The van der Waals surface area contributed by atoms with Crippen LogP contribution in [0.1, 0.15) is 0 Å². The van der Waals surface area contributed by atoms with Gasteiger partial charge in [-0.3, -0.25) is 0 Å². The molecule has 0 saturated carbocycles. The smallest absolute Gasteiger partial charge is 0.373 e. The second-order valence-corrected chi connectivity index (χ2v) is 2.44. The topological polar surface area (TPSA) is 152 Å². The van der Waals surface area contributed by atoms with Gasteiger partial charge in [0.1, 0.15) is 24.4 Å². The maximum atomic E-state index is 9.90. The summed E-state index contributed by atoms with van der Waals surface area (Å²) in [5, 5.41) is 43.5. The van der Waals surface area contributed by atoms with Gasteiger partial charge in [-0.15, -0.1) is 0 Å². The van der Waals surface area contributed by atoms with Crippen LogP contribution in [-0.2, 0) is 14.4 Å². The van der Waals surface area contributed by atoms with Gasteiger partial charge < -0.3 is 30.3 Å². The number of hydrogen-bond acceptors (Lipinski definition) is 8. The molecule has 0 unspecified atom stereocenters. The molecule has 8 heteroatoms. The molecule has 0 radical (unpaired) electrons. The van der Waals surface area contributed by atoms with E-state index in [0.717, 1.165) is 0 Å². The quantitative estimate of drug-likeness (QED) is 0.296. The monoisotopic (exact) mass is 224 g/mol. The molecule has 0 spiro atoms. The Bertz CT molecular complexity index is 199. The molecule has 4 atom stereocenters. The highest BCUT2D eigenvalue weighted by atomic mass is 16.4. The highest BCUT2D eigenvalue weighted by Crippen LogP contribution is 2.02. The van der Waals surface area contributed by atoms with Gasteiger partial charge in [-0.2, -0.15) is 9.59 Å². The minimum absolute atomic E-state index is 0.0258. The molecule has 0 aromatic heterocycles. The lowest BCUT2D eigenvalue weighted by molar-refractivity contribution is -0.191. The summed E-state index contributed by atoms with van der Waals surface area (Å²) in [5.74, 6) is 0. The van der Waals surface area contributed by atoms with Crippen LogP contribution in [0, 0.1) is 0 Å². The molecule has 0 heterocycles. The van der Waals surface area contributed by atoms with E-state index in [1.54, 1.807) is 0 Å². The Morgan fingerprint density at radius 2 is 1.47 bits per heavy atom. The van der Waals surface area contributed by atoms with Crippen LogP contribution in [0.15, 0.2) is 0 Å². The van der Waals surface area contributed by atoms with Gasteiger partial charge >= 0.3 is 6.15 Å². The Hall–Kier alpha value is -1.15. The third-order valence-corrected chi connectivity index (χ3v) is 1.42. The Labute approximate surface area is 84.4 Å². The summed E-state index contributed by atoms with van der Waals surface area (Å²) in [6.07, 6.45) is -6.59. The molecule has 0 aromatic carbocycles. The average molecular weight is 224 g/mol. The lowest BCUT2D eigenvalue weighted by atomic mass is 10.0. The van der Waals surface area contributed by atoms with Crippen molar-refractivity contribution in [2.24, 2.45) is 0 Å². The first-order valence-corrected chi connectivity index (χ1v) is 3.73. The van der Waals surface area contributed by atoms with Crippen molar-refractivity contribution in [2.45, 2.75) is 24.4 Å². The summed E-state index contributed by atoms with van der Waals surface area (Å²) in [5.41, 5.74) is 0. The molecule has 5 N–H and O–H groups in total. The fourth-order valence-corrected chi connectivity index (χ4v) is 0.618. The van der Waals surface area contributed by atoms with Gasteiger partial charge in [-0.05, 0) is 0 Å². The summed E-state index contributed by atoms with van der Waals surface area (Å²) in [6.45, 7) is -0.760.